The lowest BCUT2D eigenvalue weighted by Gasteiger charge is -2.12. The van der Waals surface area contributed by atoms with Crippen LogP contribution < -0.4 is 0 Å². The molecule has 0 heterocycles. The maximum atomic E-state index is 14.1. The minimum atomic E-state index is -0.749. The van der Waals surface area contributed by atoms with Gasteiger partial charge < -0.3 is 0 Å². The molecule has 0 nitrogen and oxygen atoms in total. The SMILES string of the molecule is CCCc1ccc(-c2ccc(C)c(F)c2F)cc1CCC. The van der Waals surface area contributed by atoms with Gasteiger partial charge in [0.1, 0.15) is 0 Å². The van der Waals surface area contributed by atoms with E-state index in [-0.39, 0.29) is 0 Å². The zero-order valence-corrected chi connectivity index (χ0v) is 13.0. The number of benzene rings is 2. The standard InChI is InChI=1S/C19H22F2/c1-4-6-14-9-10-16(12-15(14)7-5-2)17-11-8-13(3)18(20)19(17)21/h8-12H,4-7H2,1-3H3. The van der Waals surface area contributed by atoms with Gasteiger partial charge in [-0.05, 0) is 42.0 Å². The largest absolute Gasteiger partial charge is 0.203 e. The van der Waals surface area contributed by atoms with Crippen LogP contribution in [-0.2, 0) is 12.8 Å². The molecule has 21 heavy (non-hydrogen) atoms. The minimum absolute atomic E-state index is 0.340. The number of halogens is 2. The molecule has 0 atom stereocenters. The number of aryl methyl sites for hydroxylation is 3. The van der Waals surface area contributed by atoms with E-state index in [1.807, 2.05) is 12.1 Å². The first-order chi connectivity index (χ1) is 10.1. The van der Waals surface area contributed by atoms with Crippen LogP contribution in [0, 0.1) is 18.6 Å². The highest BCUT2D eigenvalue weighted by atomic mass is 19.2. The molecule has 0 aliphatic carbocycles. The average Bonchev–Trinajstić information content (AvgIpc) is 2.47. The molecule has 0 aromatic heterocycles. The van der Waals surface area contributed by atoms with Crippen molar-refractivity contribution in [2.45, 2.75) is 46.5 Å². The van der Waals surface area contributed by atoms with Crippen LogP contribution in [0.15, 0.2) is 30.3 Å². The first-order valence-electron chi connectivity index (χ1n) is 7.65. The summed E-state index contributed by atoms with van der Waals surface area (Å²) in [6.07, 6.45) is 4.13. The van der Waals surface area contributed by atoms with E-state index in [1.54, 1.807) is 19.1 Å². The van der Waals surface area contributed by atoms with Crippen molar-refractivity contribution < 1.29 is 8.78 Å². The Labute approximate surface area is 125 Å². The fraction of sp³-hybridized carbons (Fsp3) is 0.368. The van der Waals surface area contributed by atoms with Gasteiger partial charge in [0.05, 0.1) is 0 Å². The number of rotatable bonds is 5. The molecule has 0 radical (unpaired) electrons. The molecule has 2 heteroatoms. The third kappa shape index (κ3) is 3.31. The minimum Gasteiger partial charge on any atom is -0.203 e. The van der Waals surface area contributed by atoms with Crippen LogP contribution in [0.5, 0.6) is 0 Å². The Morgan fingerprint density at radius 1 is 0.810 bits per heavy atom. The smallest absolute Gasteiger partial charge is 0.166 e. The van der Waals surface area contributed by atoms with Gasteiger partial charge in [0, 0.05) is 5.56 Å². The quantitative estimate of drug-likeness (QED) is 0.648. The van der Waals surface area contributed by atoms with Gasteiger partial charge >= 0.3 is 0 Å². The summed E-state index contributed by atoms with van der Waals surface area (Å²) in [4.78, 5) is 0. The Morgan fingerprint density at radius 2 is 1.48 bits per heavy atom. The fourth-order valence-electron chi connectivity index (χ4n) is 2.68. The lowest BCUT2D eigenvalue weighted by Crippen LogP contribution is -1.97. The van der Waals surface area contributed by atoms with Gasteiger partial charge in [-0.15, -0.1) is 0 Å². The van der Waals surface area contributed by atoms with Crippen LogP contribution in [0.1, 0.15) is 43.4 Å². The summed E-state index contributed by atoms with van der Waals surface area (Å²) in [5.41, 5.74) is 4.01. The normalized spacial score (nSPS) is 10.9. The molecule has 0 aliphatic rings. The Bertz CT molecular complexity index is 630. The van der Waals surface area contributed by atoms with Crippen molar-refractivity contribution in [1.29, 1.82) is 0 Å². The highest BCUT2D eigenvalue weighted by molar-refractivity contribution is 5.66. The molecule has 0 N–H and O–H groups in total. The van der Waals surface area contributed by atoms with Gasteiger partial charge in [0.15, 0.2) is 11.6 Å². The van der Waals surface area contributed by atoms with Crippen molar-refractivity contribution in [1.82, 2.24) is 0 Å². The van der Waals surface area contributed by atoms with E-state index in [0.717, 1.165) is 31.2 Å². The summed E-state index contributed by atoms with van der Waals surface area (Å²) in [7, 11) is 0. The molecular weight excluding hydrogens is 266 g/mol. The van der Waals surface area contributed by atoms with Gasteiger partial charge in [-0.3, -0.25) is 0 Å². The summed E-state index contributed by atoms with van der Waals surface area (Å²) in [6, 6.07) is 9.27. The highest BCUT2D eigenvalue weighted by Gasteiger charge is 2.13. The van der Waals surface area contributed by atoms with Gasteiger partial charge in [0.25, 0.3) is 0 Å². The van der Waals surface area contributed by atoms with Crippen molar-refractivity contribution in [2.75, 3.05) is 0 Å². The van der Waals surface area contributed by atoms with Crippen LogP contribution in [0.4, 0.5) is 8.78 Å². The topological polar surface area (TPSA) is 0 Å². The zero-order valence-electron chi connectivity index (χ0n) is 13.0. The molecule has 2 aromatic carbocycles. The third-order valence-corrected chi connectivity index (χ3v) is 3.83. The van der Waals surface area contributed by atoms with Crippen LogP contribution in [0.25, 0.3) is 11.1 Å². The van der Waals surface area contributed by atoms with Gasteiger partial charge in [0.2, 0.25) is 0 Å². The van der Waals surface area contributed by atoms with Crippen LogP contribution in [-0.4, -0.2) is 0 Å². The maximum absolute atomic E-state index is 14.1. The van der Waals surface area contributed by atoms with Crippen molar-refractivity contribution in [3.63, 3.8) is 0 Å². The summed E-state index contributed by atoms with van der Waals surface area (Å²) < 4.78 is 27.9. The predicted molar refractivity (Wildman–Crippen MR) is 84.5 cm³/mol. The van der Waals surface area contributed by atoms with E-state index >= 15 is 0 Å². The van der Waals surface area contributed by atoms with Crippen molar-refractivity contribution in [3.05, 3.63) is 58.7 Å². The number of hydrogen-bond acceptors (Lipinski definition) is 0. The first kappa shape index (κ1) is 15.7. The predicted octanol–water partition coefficient (Wildman–Crippen LogP) is 5.85. The van der Waals surface area contributed by atoms with E-state index in [0.29, 0.717) is 11.1 Å². The molecule has 0 fully saturated rings. The van der Waals surface area contributed by atoms with E-state index < -0.39 is 11.6 Å². The first-order valence-corrected chi connectivity index (χ1v) is 7.65. The Morgan fingerprint density at radius 3 is 2.14 bits per heavy atom. The zero-order chi connectivity index (χ0) is 15.4. The molecule has 0 saturated carbocycles. The van der Waals surface area contributed by atoms with E-state index in [1.165, 1.54) is 11.1 Å². The van der Waals surface area contributed by atoms with Crippen LogP contribution >= 0.6 is 0 Å². The second-order valence-corrected chi connectivity index (χ2v) is 5.54. The molecule has 0 saturated heterocycles. The average molecular weight is 288 g/mol. The Kier molecular flexibility index (Phi) is 5.11. The molecule has 0 bridgehead atoms. The van der Waals surface area contributed by atoms with Gasteiger partial charge in [-0.25, -0.2) is 8.78 Å². The summed E-state index contributed by atoms with van der Waals surface area (Å²) in [5.74, 6) is -1.50. The van der Waals surface area contributed by atoms with Crippen LogP contribution in [0.3, 0.4) is 0 Å². The van der Waals surface area contributed by atoms with Crippen molar-refractivity contribution >= 4 is 0 Å². The molecule has 0 unspecified atom stereocenters. The fourth-order valence-corrected chi connectivity index (χ4v) is 2.68. The van der Waals surface area contributed by atoms with E-state index in [9.17, 15) is 8.78 Å². The van der Waals surface area contributed by atoms with Crippen molar-refractivity contribution in [2.24, 2.45) is 0 Å². The third-order valence-electron chi connectivity index (χ3n) is 3.83. The number of hydrogen-bond donors (Lipinski definition) is 0. The molecule has 0 spiro atoms. The lowest BCUT2D eigenvalue weighted by atomic mass is 9.94. The molecule has 2 rings (SSSR count). The van der Waals surface area contributed by atoms with Gasteiger partial charge in [-0.1, -0.05) is 57.0 Å². The molecule has 0 amide bonds. The Balaban J connectivity index is 2.50. The monoisotopic (exact) mass is 288 g/mol. The second kappa shape index (κ2) is 6.84. The molecule has 0 aliphatic heterocycles. The summed E-state index contributed by atoms with van der Waals surface area (Å²) in [5, 5.41) is 0. The molecule has 112 valence electrons. The Hall–Kier alpha value is -1.70. The van der Waals surface area contributed by atoms with Gasteiger partial charge in [-0.2, -0.15) is 0 Å². The van der Waals surface area contributed by atoms with E-state index in [2.05, 4.69) is 19.9 Å². The molecule has 2 aromatic rings. The second-order valence-electron chi connectivity index (χ2n) is 5.54. The van der Waals surface area contributed by atoms with Crippen molar-refractivity contribution in [3.8, 4) is 11.1 Å². The molecular formula is C19H22F2. The highest BCUT2D eigenvalue weighted by Crippen LogP contribution is 2.28. The maximum Gasteiger partial charge on any atom is 0.166 e. The van der Waals surface area contributed by atoms with Crippen LogP contribution in [0.2, 0.25) is 0 Å². The summed E-state index contributed by atoms with van der Waals surface area (Å²) in [6.45, 7) is 5.86. The van der Waals surface area contributed by atoms with E-state index in [4.69, 9.17) is 0 Å². The lowest BCUT2D eigenvalue weighted by molar-refractivity contribution is 0.505. The summed E-state index contributed by atoms with van der Waals surface area (Å²) >= 11 is 0.